The van der Waals surface area contributed by atoms with Gasteiger partial charge in [0.25, 0.3) is 0 Å². The van der Waals surface area contributed by atoms with Gasteiger partial charge in [0, 0.05) is 17.6 Å². The number of aryl methyl sites for hydroxylation is 1. The average molecular weight is 337 g/mol. The van der Waals surface area contributed by atoms with Gasteiger partial charge in [0.1, 0.15) is 0 Å². The standard InChI is InChI=1S/C20H33ClN2/c1-5-8-10-15(9-6-2)18(7-3)23-20-16-12-11-14(4)19(21)17(16)13-22-20/h11-12,15,18,20,22-23H,5-10,13H2,1-4H3. The van der Waals surface area contributed by atoms with Gasteiger partial charge in [0.15, 0.2) is 0 Å². The van der Waals surface area contributed by atoms with Gasteiger partial charge in [-0.05, 0) is 48.8 Å². The number of hydrogen-bond acceptors (Lipinski definition) is 2. The molecule has 0 bridgehead atoms. The number of halogens is 1. The molecule has 0 spiro atoms. The highest BCUT2D eigenvalue weighted by Crippen LogP contribution is 2.33. The van der Waals surface area contributed by atoms with E-state index in [1.165, 1.54) is 55.2 Å². The van der Waals surface area contributed by atoms with E-state index >= 15 is 0 Å². The summed E-state index contributed by atoms with van der Waals surface area (Å²) in [5.41, 5.74) is 3.79. The van der Waals surface area contributed by atoms with Gasteiger partial charge in [0.2, 0.25) is 0 Å². The minimum atomic E-state index is 0.244. The lowest BCUT2D eigenvalue weighted by Gasteiger charge is -2.30. The molecule has 1 aromatic rings. The van der Waals surface area contributed by atoms with E-state index in [4.69, 9.17) is 11.6 Å². The molecule has 1 aromatic carbocycles. The maximum Gasteiger partial charge on any atom is 0.0844 e. The van der Waals surface area contributed by atoms with Crippen LogP contribution in [0.4, 0.5) is 0 Å². The van der Waals surface area contributed by atoms with E-state index in [1.54, 1.807) is 0 Å². The molecule has 0 radical (unpaired) electrons. The van der Waals surface area contributed by atoms with Gasteiger partial charge >= 0.3 is 0 Å². The molecule has 2 rings (SSSR count). The fraction of sp³-hybridized carbons (Fsp3) is 0.700. The highest BCUT2D eigenvalue weighted by atomic mass is 35.5. The van der Waals surface area contributed by atoms with Gasteiger partial charge in [-0.3, -0.25) is 10.6 Å². The summed E-state index contributed by atoms with van der Waals surface area (Å²) in [6.07, 6.45) is 7.98. The summed E-state index contributed by atoms with van der Waals surface area (Å²) in [7, 11) is 0. The number of rotatable bonds is 9. The number of benzene rings is 1. The Kier molecular flexibility index (Phi) is 7.39. The first-order valence-electron chi connectivity index (χ1n) is 9.39. The Hall–Kier alpha value is -0.570. The van der Waals surface area contributed by atoms with Crippen LogP contribution < -0.4 is 10.6 Å². The molecule has 0 aromatic heterocycles. The SMILES string of the molecule is CCCCC(CCC)C(CC)NC1NCc2c1ccc(C)c2Cl. The van der Waals surface area contributed by atoms with Gasteiger partial charge in [-0.2, -0.15) is 0 Å². The van der Waals surface area contributed by atoms with E-state index in [-0.39, 0.29) is 6.17 Å². The van der Waals surface area contributed by atoms with Crippen LogP contribution in [0.25, 0.3) is 0 Å². The van der Waals surface area contributed by atoms with Crippen molar-refractivity contribution in [1.29, 1.82) is 0 Å². The number of hydrogen-bond donors (Lipinski definition) is 2. The third-order valence-electron chi connectivity index (χ3n) is 5.24. The highest BCUT2D eigenvalue weighted by Gasteiger charge is 2.28. The Morgan fingerprint density at radius 1 is 1.22 bits per heavy atom. The highest BCUT2D eigenvalue weighted by molar-refractivity contribution is 6.32. The van der Waals surface area contributed by atoms with Crippen molar-refractivity contribution in [3.63, 3.8) is 0 Å². The Morgan fingerprint density at radius 3 is 2.65 bits per heavy atom. The molecule has 130 valence electrons. The largest absolute Gasteiger partial charge is 0.295 e. The van der Waals surface area contributed by atoms with Crippen LogP contribution in [0, 0.1) is 12.8 Å². The lowest BCUT2D eigenvalue weighted by molar-refractivity contribution is 0.265. The molecule has 3 heteroatoms. The van der Waals surface area contributed by atoms with Gasteiger partial charge in [-0.15, -0.1) is 0 Å². The first-order valence-corrected chi connectivity index (χ1v) is 9.77. The second-order valence-electron chi connectivity index (χ2n) is 6.95. The third kappa shape index (κ3) is 4.49. The fourth-order valence-electron chi connectivity index (χ4n) is 3.85. The quantitative estimate of drug-likeness (QED) is 0.602. The van der Waals surface area contributed by atoms with E-state index in [9.17, 15) is 0 Å². The third-order valence-corrected chi connectivity index (χ3v) is 5.77. The summed E-state index contributed by atoms with van der Waals surface area (Å²) in [6, 6.07) is 4.96. The molecule has 2 nitrogen and oxygen atoms in total. The number of unbranched alkanes of at least 4 members (excludes halogenated alkanes) is 1. The summed E-state index contributed by atoms with van der Waals surface area (Å²) >= 11 is 6.49. The van der Waals surface area contributed by atoms with E-state index < -0.39 is 0 Å². The summed E-state index contributed by atoms with van der Waals surface area (Å²) in [6.45, 7) is 9.86. The van der Waals surface area contributed by atoms with E-state index in [0.29, 0.717) is 6.04 Å². The first kappa shape index (κ1) is 18.8. The lowest BCUT2D eigenvalue weighted by atomic mass is 9.88. The van der Waals surface area contributed by atoms with Crippen LogP contribution in [0.1, 0.15) is 82.2 Å². The van der Waals surface area contributed by atoms with Crippen molar-refractivity contribution in [2.75, 3.05) is 0 Å². The topological polar surface area (TPSA) is 24.1 Å². The van der Waals surface area contributed by atoms with Crippen molar-refractivity contribution in [2.24, 2.45) is 5.92 Å². The normalized spacial score (nSPS) is 19.6. The van der Waals surface area contributed by atoms with Crippen LogP contribution >= 0.6 is 11.6 Å². The molecule has 0 saturated carbocycles. The Bertz CT molecular complexity index is 501. The predicted octanol–water partition coefficient (Wildman–Crippen LogP) is 5.72. The average Bonchev–Trinajstić information content (AvgIpc) is 2.96. The zero-order valence-electron chi connectivity index (χ0n) is 15.2. The molecular weight excluding hydrogens is 304 g/mol. The number of nitrogens with one attached hydrogen (secondary N) is 2. The molecule has 0 amide bonds. The minimum Gasteiger partial charge on any atom is -0.295 e. The van der Waals surface area contributed by atoms with Gasteiger partial charge in [0.05, 0.1) is 6.17 Å². The molecule has 23 heavy (non-hydrogen) atoms. The minimum absolute atomic E-state index is 0.244. The molecule has 1 aliphatic heterocycles. The monoisotopic (exact) mass is 336 g/mol. The van der Waals surface area contributed by atoms with E-state index in [1.807, 2.05) is 0 Å². The lowest BCUT2D eigenvalue weighted by Crippen LogP contribution is -2.41. The van der Waals surface area contributed by atoms with Crippen LogP contribution in [0.2, 0.25) is 5.02 Å². The van der Waals surface area contributed by atoms with Crippen LogP contribution in [-0.4, -0.2) is 6.04 Å². The zero-order chi connectivity index (χ0) is 16.8. The molecule has 0 saturated heterocycles. The molecular formula is C20H33ClN2. The van der Waals surface area contributed by atoms with Gasteiger partial charge in [-0.1, -0.05) is 63.8 Å². The van der Waals surface area contributed by atoms with Gasteiger partial charge in [-0.25, -0.2) is 0 Å². The summed E-state index contributed by atoms with van der Waals surface area (Å²) in [4.78, 5) is 0. The molecule has 2 N–H and O–H groups in total. The zero-order valence-corrected chi connectivity index (χ0v) is 16.0. The van der Waals surface area contributed by atoms with E-state index in [0.717, 1.165) is 17.5 Å². The van der Waals surface area contributed by atoms with Crippen molar-refractivity contribution in [1.82, 2.24) is 10.6 Å². The van der Waals surface area contributed by atoms with Gasteiger partial charge < -0.3 is 0 Å². The Balaban J connectivity index is 2.10. The molecule has 1 aliphatic rings. The van der Waals surface area contributed by atoms with Crippen LogP contribution in [-0.2, 0) is 6.54 Å². The first-order chi connectivity index (χ1) is 11.1. The Morgan fingerprint density at radius 2 is 2.00 bits per heavy atom. The smallest absolute Gasteiger partial charge is 0.0844 e. The van der Waals surface area contributed by atoms with Crippen molar-refractivity contribution in [3.05, 3.63) is 33.8 Å². The summed E-state index contributed by atoms with van der Waals surface area (Å²) < 4.78 is 0. The fourth-order valence-corrected chi connectivity index (χ4v) is 4.09. The second kappa shape index (κ2) is 9.05. The molecule has 3 unspecified atom stereocenters. The summed E-state index contributed by atoms with van der Waals surface area (Å²) in [5, 5.41) is 8.44. The van der Waals surface area contributed by atoms with Crippen LogP contribution in [0.15, 0.2) is 12.1 Å². The van der Waals surface area contributed by atoms with Crippen molar-refractivity contribution in [3.8, 4) is 0 Å². The molecule has 0 aliphatic carbocycles. The molecule has 0 fully saturated rings. The van der Waals surface area contributed by atoms with Crippen LogP contribution in [0.3, 0.4) is 0 Å². The van der Waals surface area contributed by atoms with Crippen molar-refractivity contribution < 1.29 is 0 Å². The van der Waals surface area contributed by atoms with Crippen molar-refractivity contribution >= 4 is 11.6 Å². The predicted molar refractivity (Wildman–Crippen MR) is 101 cm³/mol. The molecule has 1 heterocycles. The maximum atomic E-state index is 6.49. The number of fused-ring (bicyclic) bond motifs is 1. The summed E-state index contributed by atoms with van der Waals surface area (Å²) in [5.74, 6) is 0.775. The second-order valence-corrected chi connectivity index (χ2v) is 7.33. The van der Waals surface area contributed by atoms with Crippen LogP contribution in [0.5, 0.6) is 0 Å². The Labute approximate surface area is 147 Å². The maximum absolute atomic E-state index is 6.49. The van der Waals surface area contributed by atoms with Crippen molar-refractivity contribution in [2.45, 2.75) is 85.0 Å². The van der Waals surface area contributed by atoms with E-state index in [2.05, 4.69) is 50.5 Å². The molecule has 3 atom stereocenters.